The molecule has 0 amide bonds. The third kappa shape index (κ3) is 36.9. The summed E-state index contributed by atoms with van der Waals surface area (Å²) < 4.78 is 11.9. The predicted octanol–water partition coefficient (Wildman–Crippen LogP) is 12.4. The highest BCUT2D eigenvalue weighted by molar-refractivity contribution is 4.93. The van der Waals surface area contributed by atoms with E-state index in [-0.39, 0.29) is 12.7 Å². The van der Waals surface area contributed by atoms with Gasteiger partial charge in [-0.2, -0.15) is 0 Å². The molecule has 0 aromatic carbocycles. The lowest BCUT2D eigenvalue weighted by Gasteiger charge is -2.17. The van der Waals surface area contributed by atoms with Crippen LogP contribution in [0, 0.1) is 0 Å². The minimum absolute atomic E-state index is 0.0348. The zero-order valence-corrected chi connectivity index (χ0v) is 29.0. The molecule has 0 saturated heterocycles. The fraction of sp³-hybridized carbons (Fsp3) is 0.800. The highest BCUT2D eigenvalue weighted by Gasteiger charge is 2.08. The summed E-state index contributed by atoms with van der Waals surface area (Å²) in [6.07, 6.45) is 49.6. The Bertz CT molecular complexity index is 621. The van der Waals surface area contributed by atoms with Crippen LogP contribution in [-0.2, 0) is 9.47 Å². The molecule has 0 aliphatic heterocycles. The first-order valence-electron chi connectivity index (χ1n) is 18.7. The number of allylic oxidation sites excluding steroid dienone is 8. The van der Waals surface area contributed by atoms with Crippen molar-refractivity contribution in [3.63, 3.8) is 0 Å². The summed E-state index contributed by atoms with van der Waals surface area (Å²) in [6, 6.07) is 0. The Morgan fingerprint density at radius 2 is 0.860 bits per heavy atom. The number of aliphatic hydroxyl groups is 1. The molecule has 0 aliphatic carbocycles. The van der Waals surface area contributed by atoms with Gasteiger partial charge in [0.1, 0.15) is 0 Å². The van der Waals surface area contributed by atoms with Crippen LogP contribution in [0.4, 0.5) is 0 Å². The monoisotopic (exact) mass is 603 g/mol. The van der Waals surface area contributed by atoms with E-state index in [9.17, 15) is 5.11 Å². The van der Waals surface area contributed by atoms with Crippen LogP contribution in [0.5, 0.6) is 0 Å². The van der Waals surface area contributed by atoms with E-state index >= 15 is 0 Å². The molecule has 252 valence electrons. The summed E-state index contributed by atoms with van der Waals surface area (Å²) >= 11 is 0. The van der Waals surface area contributed by atoms with Crippen LogP contribution in [0.3, 0.4) is 0 Å². The van der Waals surface area contributed by atoms with Crippen molar-refractivity contribution in [1.29, 1.82) is 0 Å². The number of ether oxygens (including phenoxy) is 2. The molecular formula is C40H74O3. The second-order valence-corrected chi connectivity index (χ2v) is 12.2. The van der Waals surface area contributed by atoms with Gasteiger partial charge in [0.2, 0.25) is 0 Å². The highest BCUT2D eigenvalue weighted by atomic mass is 16.5. The van der Waals surface area contributed by atoms with Gasteiger partial charge < -0.3 is 14.6 Å². The third-order valence-corrected chi connectivity index (χ3v) is 7.94. The second kappa shape index (κ2) is 38.9. The van der Waals surface area contributed by atoms with E-state index in [2.05, 4.69) is 62.5 Å². The number of unbranched alkanes of at least 4 members (excludes halogenated alkanes) is 18. The predicted molar refractivity (Wildman–Crippen MR) is 191 cm³/mol. The van der Waals surface area contributed by atoms with Crippen molar-refractivity contribution < 1.29 is 14.6 Å². The zero-order chi connectivity index (χ0) is 31.2. The molecule has 0 aromatic rings. The van der Waals surface area contributed by atoms with Crippen LogP contribution in [0.2, 0.25) is 0 Å². The molecule has 3 heteroatoms. The SMILES string of the molecule is CCCCC/C=C\C/C=C\CCCCCCCCOC[C@H](CCO)OCCCCCCCC/C=C\C/C=C\CCCCC. The molecule has 1 atom stereocenters. The number of aliphatic hydroxyl groups excluding tert-OH is 1. The first-order valence-corrected chi connectivity index (χ1v) is 18.7. The fourth-order valence-electron chi connectivity index (χ4n) is 5.11. The summed E-state index contributed by atoms with van der Waals surface area (Å²) in [6.45, 7) is 6.90. The van der Waals surface area contributed by atoms with Crippen LogP contribution < -0.4 is 0 Å². The largest absolute Gasteiger partial charge is 0.396 e. The lowest BCUT2D eigenvalue weighted by Crippen LogP contribution is -2.22. The molecule has 0 saturated carbocycles. The average molecular weight is 603 g/mol. The summed E-state index contributed by atoms with van der Waals surface area (Å²) in [5.41, 5.74) is 0. The summed E-state index contributed by atoms with van der Waals surface area (Å²) in [4.78, 5) is 0. The van der Waals surface area contributed by atoms with Gasteiger partial charge in [-0.05, 0) is 83.5 Å². The Kier molecular flexibility index (Phi) is 37.8. The van der Waals surface area contributed by atoms with Crippen molar-refractivity contribution in [1.82, 2.24) is 0 Å². The lowest BCUT2D eigenvalue weighted by atomic mass is 10.1. The zero-order valence-electron chi connectivity index (χ0n) is 29.0. The first-order chi connectivity index (χ1) is 21.3. The molecule has 0 aromatic heterocycles. The normalized spacial score (nSPS) is 13.1. The van der Waals surface area contributed by atoms with Gasteiger partial charge >= 0.3 is 0 Å². The van der Waals surface area contributed by atoms with Crippen LogP contribution in [-0.4, -0.2) is 37.6 Å². The maximum atomic E-state index is 9.38. The van der Waals surface area contributed by atoms with Gasteiger partial charge in [-0.3, -0.25) is 0 Å². The van der Waals surface area contributed by atoms with Gasteiger partial charge in [-0.15, -0.1) is 0 Å². The first kappa shape index (κ1) is 41.8. The van der Waals surface area contributed by atoms with E-state index < -0.39 is 0 Å². The number of hydrogen-bond acceptors (Lipinski definition) is 3. The van der Waals surface area contributed by atoms with Crippen molar-refractivity contribution in [3.05, 3.63) is 48.6 Å². The number of hydrogen-bond donors (Lipinski definition) is 1. The van der Waals surface area contributed by atoms with Crippen LogP contribution >= 0.6 is 0 Å². The van der Waals surface area contributed by atoms with E-state index in [1.165, 1.54) is 128 Å². The molecule has 0 radical (unpaired) electrons. The minimum Gasteiger partial charge on any atom is -0.396 e. The van der Waals surface area contributed by atoms with Crippen LogP contribution in [0.15, 0.2) is 48.6 Å². The molecule has 3 nitrogen and oxygen atoms in total. The van der Waals surface area contributed by atoms with Gasteiger partial charge in [-0.25, -0.2) is 0 Å². The second-order valence-electron chi connectivity index (χ2n) is 12.2. The molecule has 0 heterocycles. The lowest BCUT2D eigenvalue weighted by molar-refractivity contribution is -0.0288. The third-order valence-electron chi connectivity index (χ3n) is 7.94. The van der Waals surface area contributed by atoms with Crippen LogP contribution in [0.25, 0.3) is 0 Å². The molecule has 0 fully saturated rings. The number of rotatable bonds is 35. The Hall–Kier alpha value is -1.16. The Labute approximate surface area is 269 Å². The molecule has 0 bridgehead atoms. The smallest absolute Gasteiger partial charge is 0.0830 e. The fourth-order valence-corrected chi connectivity index (χ4v) is 5.11. The molecule has 0 rings (SSSR count). The van der Waals surface area contributed by atoms with E-state index in [1.54, 1.807) is 0 Å². The maximum absolute atomic E-state index is 9.38. The summed E-state index contributed by atoms with van der Waals surface area (Å²) in [5, 5.41) is 9.38. The maximum Gasteiger partial charge on any atom is 0.0830 e. The Morgan fingerprint density at radius 1 is 0.465 bits per heavy atom. The van der Waals surface area contributed by atoms with Gasteiger partial charge in [0.25, 0.3) is 0 Å². The summed E-state index contributed by atoms with van der Waals surface area (Å²) in [5.74, 6) is 0. The standard InChI is InChI=1S/C40H74O3/c1-3-5-7-9-11-13-15-17-19-21-23-25-27-29-31-33-37-42-39-40(35-36-41)43-38-34-32-30-28-26-24-22-20-18-16-14-12-10-8-6-4-2/h11-14,17-20,40-41H,3-10,15-16,21-39H2,1-2H3/b13-11-,14-12-,19-17-,20-18-/t40-/m0/s1. The molecular weight excluding hydrogens is 528 g/mol. The molecule has 0 aliphatic rings. The quantitative estimate of drug-likeness (QED) is 0.0579. The Morgan fingerprint density at radius 3 is 1.30 bits per heavy atom. The Balaban J connectivity index is 3.48. The van der Waals surface area contributed by atoms with Crippen molar-refractivity contribution in [2.75, 3.05) is 26.4 Å². The van der Waals surface area contributed by atoms with Crippen molar-refractivity contribution in [2.24, 2.45) is 0 Å². The van der Waals surface area contributed by atoms with E-state index in [0.29, 0.717) is 13.0 Å². The van der Waals surface area contributed by atoms with Gasteiger partial charge in [-0.1, -0.05) is 140 Å². The minimum atomic E-state index is 0.0348. The van der Waals surface area contributed by atoms with Gasteiger partial charge in [0, 0.05) is 19.8 Å². The molecule has 43 heavy (non-hydrogen) atoms. The molecule has 1 N–H and O–H groups in total. The van der Waals surface area contributed by atoms with E-state index in [0.717, 1.165) is 38.9 Å². The van der Waals surface area contributed by atoms with E-state index in [4.69, 9.17) is 9.47 Å². The van der Waals surface area contributed by atoms with Crippen molar-refractivity contribution in [3.8, 4) is 0 Å². The average Bonchev–Trinajstić information content (AvgIpc) is 3.01. The van der Waals surface area contributed by atoms with Crippen LogP contribution in [0.1, 0.15) is 174 Å². The van der Waals surface area contributed by atoms with Gasteiger partial charge in [0.05, 0.1) is 12.7 Å². The topological polar surface area (TPSA) is 38.7 Å². The van der Waals surface area contributed by atoms with Crippen molar-refractivity contribution in [2.45, 2.75) is 180 Å². The van der Waals surface area contributed by atoms with E-state index in [1.807, 2.05) is 0 Å². The van der Waals surface area contributed by atoms with Gasteiger partial charge in [0.15, 0.2) is 0 Å². The molecule has 0 spiro atoms. The molecule has 0 unspecified atom stereocenters. The summed E-state index contributed by atoms with van der Waals surface area (Å²) in [7, 11) is 0. The highest BCUT2D eigenvalue weighted by Crippen LogP contribution is 2.11. The van der Waals surface area contributed by atoms with Crippen molar-refractivity contribution >= 4 is 0 Å².